The van der Waals surface area contributed by atoms with Gasteiger partial charge in [-0.25, -0.2) is 0 Å². The Kier molecular flexibility index (Phi) is 4.74. The zero-order valence-corrected chi connectivity index (χ0v) is 17.7. The van der Waals surface area contributed by atoms with E-state index >= 15 is 0 Å². The van der Waals surface area contributed by atoms with Crippen LogP contribution in [-0.2, 0) is 28.9 Å². The Morgan fingerprint density at radius 1 is 1.30 bits per heavy atom. The Bertz CT molecular complexity index is 879. The standard InChI is InChI=1S/C20H22N2O4.Na/c1-9(23)15-17-11-6-7-14-12(8-10-4-2-3-5-13(10)21-14)16(11)18(20(25)26)22(17)19(15)24;/h8-9,11,15,17,23H,2-7H2,1H3,(H,25,26);/q;+1/p-1/t9-,11+,15-,17-;/m1./s1. The number of hydrogen-bond donors (Lipinski definition) is 1. The van der Waals surface area contributed by atoms with Crippen LogP contribution in [0.3, 0.4) is 0 Å². The van der Waals surface area contributed by atoms with Crippen molar-refractivity contribution in [2.24, 2.45) is 11.8 Å². The van der Waals surface area contributed by atoms with Gasteiger partial charge in [0.15, 0.2) is 0 Å². The van der Waals surface area contributed by atoms with E-state index in [9.17, 15) is 19.8 Å². The first-order chi connectivity index (χ1) is 12.5. The van der Waals surface area contributed by atoms with Crippen LogP contribution in [0.5, 0.6) is 0 Å². The number of carbonyl (C=O) groups is 2. The molecule has 7 heteroatoms. The molecule has 1 N–H and O–H groups in total. The van der Waals surface area contributed by atoms with Gasteiger partial charge in [-0.15, -0.1) is 0 Å². The minimum Gasteiger partial charge on any atom is -0.543 e. The van der Waals surface area contributed by atoms with Crippen LogP contribution in [-0.4, -0.2) is 39.0 Å². The van der Waals surface area contributed by atoms with Crippen LogP contribution in [0.4, 0.5) is 0 Å². The van der Waals surface area contributed by atoms with E-state index in [1.807, 2.05) is 0 Å². The van der Waals surface area contributed by atoms with Crippen molar-refractivity contribution in [2.45, 2.75) is 57.6 Å². The van der Waals surface area contributed by atoms with E-state index in [1.165, 1.54) is 10.5 Å². The van der Waals surface area contributed by atoms with Crippen molar-refractivity contribution in [3.8, 4) is 0 Å². The summed E-state index contributed by atoms with van der Waals surface area (Å²) < 4.78 is 0. The van der Waals surface area contributed by atoms with Crippen LogP contribution < -0.4 is 34.7 Å². The number of aliphatic carboxylic acids is 1. The summed E-state index contributed by atoms with van der Waals surface area (Å²) in [6, 6.07) is 1.84. The number of aliphatic hydroxyl groups excluding tert-OH is 1. The summed E-state index contributed by atoms with van der Waals surface area (Å²) >= 11 is 0. The number of pyridine rings is 1. The molecular formula is C20H21N2NaO4. The van der Waals surface area contributed by atoms with Crippen LogP contribution in [0.1, 0.15) is 48.7 Å². The zero-order chi connectivity index (χ0) is 18.2. The van der Waals surface area contributed by atoms with Gasteiger partial charge in [0.2, 0.25) is 5.91 Å². The maximum Gasteiger partial charge on any atom is 1.00 e. The summed E-state index contributed by atoms with van der Waals surface area (Å²) in [5.41, 5.74) is 4.87. The number of aliphatic hydroxyl groups is 1. The number of carbonyl (C=O) groups excluding carboxylic acids is 2. The zero-order valence-electron chi connectivity index (χ0n) is 15.7. The first-order valence-corrected chi connectivity index (χ1v) is 9.47. The molecule has 0 bridgehead atoms. The summed E-state index contributed by atoms with van der Waals surface area (Å²) in [5, 5.41) is 21.9. The van der Waals surface area contributed by atoms with Gasteiger partial charge >= 0.3 is 29.6 Å². The first-order valence-electron chi connectivity index (χ1n) is 9.47. The number of fused-ring (bicyclic) bond motifs is 6. The first kappa shape index (κ1) is 19.1. The van der Waals surface area contributed by atoms with E-state index in [1.54, 1.807) is 6.92 Å². The van der Waals surface area contributed by atoms with Gasteiger partial charge in [-0.3, -0.25) is 9.78 Å². The second-order valence-corrected chi connectivity index (χ2v) is 7.96. The van der Waals surface area contributed by atoms with Crippen molar-refractivity contribution < 1.29 is 49.4 Å². The SMILES string of the molecule is C[C@@H](O)[C@H]1C(=O)N2C(C(=O)[O-])=C3c4cc5c(nc4CC[C@@H]3[C@H]12)CCCC5.[Na+]. The fraction of sp³-hybridized carbons (Fsp3) is 0.550. The second-order valence-electron chi connectivity index (χ2n) is 7.96. The number of carboxylic acids is 1. The van der Waals surface area contributed by atoms with Gasteiger partial charge in [-0.05, 0) is 62.7 Å². The average Bonchev–Trinajstić information content (AvgIpc) is 2.90. The molecule has 5 rings (SSSR count). The summed E-state index contributed by atoms with van der Waals surface area (Å²) in [5.74, 6) is -2.20. The van der Waals surface area contributed by atoms with Crippen molar-refractivity contribution in [1.82, 2.24) is 9.88 Å². The van der Waals surface area contributed by atoms with Crippen LogP contribution in [0.2, 0.25) is 0 Å². The van der Waals surface area contributed by atoms with Crippen molar-refractivity contribution in [2.75, 3.05) is 0 Å². The number of aryl methyl sites for hydroxylation is 3. The Morgan fingerprint density at radius 2 is 2.04 bits per heavy atom. The fourth-order valence-corrected chi connectivity index (χ4v) is 5.43. The van der Waals surface area contributed by atoms with Gasteiger partial charge in [0.1, 0.15) is 0 Å². The van der Waals surface area contributed by atoms with E-state index in [0.29, 0.717) is 5.57 Å². The third-order valence-electron chi connectivity index (χ3n) is 6.54. The monoisotopic (exact) mass is 376 g/mol. The van der Waals surface area contributed by atoms with Crippen molar-refractivity contribution in [3.05, 3.63) is 34.3 Å². The number of amides is 1. The maximum atomic E-state index is 12.5. The number of rotatable bonds is 2. The molecule has 0 aromatic carbocycles. The van der Waals surface area contributed by atoms with E-state index in [4.69, 9.17) is 4.98 Å². The molecule has 3 heterocycles. The van der Waals surface area contributed by atoms with Crippen molar-refractivity contribution >= 4 is 17.4 Å². The van der Waals surface area contributed by atoms with Crippen molar-refractivity contribution in [1.29, 1.82) is 0 Å². The summed E-state index contributed by atoms with van der Waals surface area (Å²) in [7, 11) is 0. The van der Waals surface area contributed by atoms with Gasteiger partial charge in [-0.1, -0.05) is 0 Å². The van der Waals surface area contributed by atoms with E-state index < -0.39 is 18.0 Å². The summed E-state index contributed by atoms with van der Waals surface area (Å²) in [6.07, 6.45) is 4.97. The molecule has 0 radical (unpaired) electrons. The topological polar surface area (TPSA) is 93.6 Å². The molecule has 136 valence electrons. The van der Waals surface area contributed by atoms with Crippen LogP contribution in [0.15, 0.2) is 11.8 Å². The molecule has 4 atom stereocenters. The van der Waals surface area contributed by atoms with Crippen LogP contribution in [0, 0.1) is 11.8 Å². The molecule has 0 spiro atoms. The molecular weight excluding hydrogens is 355 g/mol. The van der Waals surface area contributed by atoms with E-state index in [-0.39, 0.29) is 53.1 Å². The number of nitrogens with zero attached hydrogens (tertiary/aromatic N) is 2. The van der Waals surface area contributed by atoms with Crippen molar-refractivity contribution in [3.63, 3.8) is 0 Å². The molecule has 1 aromatic rings. The van der Waals surface area contributed by atoms with Crippen LogP contribution >= 0.6 is 0 Å². The number of aromatic nitrogens is 1. The summed E-state index contributed by atoms with van der Waals surface area (Å²) in [4.78, 5) is 30.6. The molecule has 27 heavy (non-hydrogen) atoms. The molecule has 1 saturated heterocycles. The van der Waals surface area contributed by atoms with Gasteiger partial charge in [0.05, 0.1) is 29.7 Å². The predicted octanol–water partition coefficient (Wildman–Crippen LogP) is -2.79. The molecule has 0 saturated carbocycles. The number of carboxylic acid groups (broad SMARTS) is 1. The third kappa shape index (κ3) is 2.57. The molecule has 6 nitrogen and oxygen atoms in total. The Morgan fingerprint density at radius 3 is 2.74 bits per heavy atom. The van der Waals surface area contributed by atoms with E-state index in [0.717, 1.165) is 55.5 Å². The molecule has 2 aliphatic carbocycles. The normalized spacial score (nSPS) is 29.0. The minimum atomic E-state index is -1.31. The summed E-state index contributed by atoms with van der Waals surface area (Å²) in [6.45, 7) is 1.60. The Balaban J connectivity index is 0.00000180. The molecule has 4 aliphatic rings. The predicted molar refractivity (Wildman–Crippen MR) is 90.4 cm³/mol. The third-order valence-corrected chi connectivity index (χ3v) is 6.54. The fourth-order valence-electron chi connectivity index (χ4n) is 5.43. The van der Waals surface area contributed by atoms with Gasteiger partial charge in [0, 0.05) is 22.9 Å². The molecule has 2 aliphatic heterocycles. The number of hydrogen-bond acceptors (Lipinski definition) is 5. The molecule has 0 unspecified atom stereocenters. The van der Waals surface area contributed by atoms with Gasteiger partial charge in [0.25, 0.3) is 0 Å². The molecule has 1 fully saturated rings. The van der Waals surface area contributed by atoms with Gasteiger partial charge < -0.3 is 19.9 Å². The molecule has 1 aromatic heterocycles. The quantitative estimate of drug-likeness (QED) is 0.445. The average molecular weight is 376 g/mol. The maximum absolute atomic E-state index is 12.5. The largest absolute Gasteiger partial charge is 1.00 e. The van der Waals surface area contributed by atoms with Gasteiger partial charge in [-0.2, -0.15) is 0 Å². The molecule has 1 amide bonds. The van der Waals surface area contributed by atoms with E-state index in [2.05, 4.69) is 6.07 Å². The van der Waals surface area contributed by atoms with Crippen LogP contribution in [0.25, 0.3) is 5.57 Å². The minimum absolute atomic E-state index is 0. The Hall–Kier alpha value is -1.21. The Labute approximate surface area is 179 Å². The second kappa shape index (κ2) is 6.69. The smallest absolute Gasteiger partial charge is 0.543 e. The number of β-lactam (4-membered cyclic amide) rings is 1.